The van der Waals surface area contributed by atoms with Gasteiger partial charge in [-0.1, -0.05) is 18.9 Å². The molecule has 2 aliphatic carbocycles. The molecule has 2 aliphatic rings. The molecule has 0 heterocycles. The second kappa shape index (κ2) is 3.73. The first kappa shape index (κ1) is 11.4. The van der Waals surface area contributed by atoms with Crippen LogP contribution in [0.4, 0.5) is 0 Å². The highest BCUT2D eigenvalue weighted by molar-refractivity contribution is 7.94. The van der Waals surface area contributed by atoms with Crippen molar-refractivity contribution in [3.05, 3.63) is 0 Å². The monoisotopic (exact) mass is 232 g/mol. The minimum absolute atomic E-state index is 0.0515. The first-order valence-electron chi connectivity index (χ1n) is 5.17. The maximum Gasteiger partial charge on any atom is 0.140 e. The summed E-state index contributed by atoms with van der Waals surface area (Å²) in [4.78, 5) is 12.0. The van der Waals surface area contributed by atoms with Crippen molar-refractivity contribution in [2.24, 2.45) is 16.7 Å². The summed E-state index contributed by atoms with van der Waals surface area (Å²) in [5.41, 5.74) is -0.225. The van der Waals surface area contributed by atoms with Gasteiger partial charge in [-0.3, -0.25) is 4.79 Å². The third-order valence-corrected chi connectivity index (χ3v) is 5.29. The van der Waals surface area contributed by atoms with Gasteiger partial charge in [-0.05, 0) is 24.2 Å². The van der Waals surface area contributed by atoms with Crippen LogP contribution in [-0.4, -0.2) is 16.8 Å². The van der Waals surface area contributed by atoms with Gasteiger partial charge in [0.2, 0.25) is 0 Å². The Hall–Kier alpha value is -0.100. The van der Waals surface area contributed by atoms with E-state index in [4.69, 9.17) is 5.26 Å². The third kappa shape index (κ3) is 1.45. The third-order valence-electron chi connectivity index (χ3n) is 4.52. The minimum atomic E-state index is -0.277. The quantitative estimate of drug-likeness (QED) is 0.349. The molecule has 86 valence electrons. The molecule has 0 amide bonds. The van der Waals surface area contributed by atoms with Crippen LogP contribution >= 0.6 is 12.0 Å². The number of fused-ring (bicyclic) bond motifs is 2. The highest BCUT2D eigenvalue weighted by Gasteiger charge is 2.63. The van der Waals surface area contributed by atoms with Crippen LogP contribution in [-0.2, 0) is 14.2 Å². The van der Waals surface area contributed by atoms with E-state index in [0.29, 0.717) is 23.9 Å². The average molecular weight is 232 g/mol. The Balaban J connectivity index is 2.13. The summed E-state index contributed by atoms with van der Waals surface area (Å²) in [6, 6.07) is 0. The summed E-state index contributed by atoms with van der Waals surface area (Å²) >= 11 is 1.01. The van der Waals surface area contributed by atoms with Gasteiger partial charge in [-0.2, -0.15) is 0 Å². The Kier molecular flexibility index (Phi) is 2.83. The lowest BCUT2D eigenvalue weighted by Crippen LogP contribution is -2.38. The van der Waals surface area contributed by atoms with Gasteiger partial charge in [0, 0.05) is 29.6 Å². The number of hydrogen-bond donors (Lipinski definition) is 1. The van der Waals surface area contributed by atoms with Gasteiger partial charge in [0.15, 0.2) is 0 Å². The van der Waals surface area contributed by atoms with E-state index in [1.807, 2.05) is 0 Å². The predicted octanol–water partition coefficient (Wildman–Crippen LogP) is 2.45. The number of hydrogen-bond acceptors (Lipinski definition) is 5. The maximum atomic E-state index is 12.0. The van der Waals surface area contributed by atoms with Crippen LogP contribution in [0.3, 0.4) is 0 Å². The van der Waals surface area contributed by atoms with Gasteiger partial charge in [-0.15, -0.1) is 4.33 Å². The number of carbonyl (C=O) groups excluding carboxylic acids is 1. The van der Waals surface area contributed by atoms with E-state index in [1.54, 1.807) is 0 Å². The molecule has 0 aromatic carbocycles. The van der Waals surface area contributed by atoms with Crippen molar-refractivity contribution in [1.82, 2.24) is 0 Å². The summed E-state index contributed by atoms with van der Waals surface area (Å²) in [5.74, 6) is 1.43. The molecule has 4 nitrogen and oxygen atoms in total. The number of Topliss-reactive ketones (excluding diaryl/α,β-unsaturated/α-hetero) is 1. The van der Waals surface area contributed by atoms with Crippen molar-refractivity contribution < 1.29 is 19.4 Å². The Morgan fingerprint density at radius 1 is 1.60 bits per heavy atom. The Bertz CT molecular complexity index is 279. The number of carbonyl (C=O) groups is 1. The fourth-order valence-electron chi connectivity index (χ4n) is 3.25. The minimum Gasteiger partial charge on any atom is -0.299 e. The summed E-state index contributed by atoms with van der Waals surface area (Å²) < 4.78 is 4.40. The molecule has 2 fully saturated rings. The largest absolute Gasteiger partial charge is 0.299 e. The fourth-order valence-corrected chi connectivity index (χ4v) is 4.22. The fraction of sp³-hybridized carbons (Fsp3) is 0.900. The standard InChI is InChI=1S/C10H16O4S/c1-9(2)7-3-4-10(9,8(11)5-7)6-15-14-13-12/h7,12H,3-6H2,1-2H3/t7-,10?/m1/s1. The number of ketones is 1. The topological polar surface area (TPSA) is 55.8 Å². The van der Waals surface area contributed by atoms with Crippen LogP contribution in [0.5, 0.6) is 0 Å². The zero-order chi connectivity index (χ0) is 11.1. The molecular formula is C10H16O4S. The van der Waals surface area contributed by atoms with Gasteiger partial charge in [0.1, 0.15) is 5.78 Å². The first-order valence-corrected chi connectivity index (χ1v) is 6.09. The van der Waals surface area contributed by atoms with E-state index < -0.39 is 0 Å². The molecule has 2 rings (SSSR count). The van der Waals surface area contributed by atoms with Crippen LogP contribution in [0, 0.1) is 16.7 Å². The van der Waals surface area contributed by atoms with E-state index in [0.717, 1.165) is 24.9 Å². The van der Waals surface area contributed by atoms with Gasteiger partial charge in [-0.25, -0.2) is 5.26 Å². The van der Waals surface area contributed by atoms with E-state index >= 15 is 0 Å². The molecule has 0 aromatic heterocycles. The van der Waals surface area contributed by atoms with Crippen molar-refractivity contribution in [1.29, 1.82) is 0 Å². The molecule has 1 N–H and O–H groups in total. The predicted molar refractivity (Wildman–Crippen MR) is 55.8 cm³/mol. The van der Waals surface area contributed by atoms with Crippen molar-refractivity contribution >= 4 is 17.8 Å². The second-order valence-corrected chi connectivity index (χ2v) is 5.73. The summed E-state index contributed by atoms with van der Waals surface area (Å²) in [6.07, 6.45) is 2.76. The van der Waals surface area contributed by atoms with Crippen molar-refractivity contribution in [3.63, 3.8) is 0 Å². The van der Waals surface area contributed by atoms with Crippen LogP contribution in [0.2, 0.25) is 0 Å². The van der Waals surface area contributed by atoms with Gasteiger partial charge in [0.05, 0.1) is 0 Å². The van der Waals surface area contributed by atoms with Crippen molar-refractivity contribution in [2.45, 2.75) is 33.1 Å². The molecule has 0 aliphatic heterocycles. The molecule has 1 unspecified atom stereocenters. The molecule has 2 bridgehead atoms. The molecule has 2 atom stereocenters. The smallest absolute Gasteiger partial charge is 0.140 e. The summed E-state index contributed by atoms with van der Waals surface area (Å²) in [7, 11) is 0. The van der Waals surface area contributed by atoms with E-state index in [9.17, 15) is 4.79 Å². The van der Waals surface area contributed by atoms with E-state index in [-0.39, 0.29) is 10.8 Å². The molecular weight excluding hydrogens is 216 g/mol. The lowest BCUT2D eigenvalue weighted by molar-refractivity contribution is -0.432. The van der Waals surface area contributed by atoms with Crippen LogP contribution in [0.25, 0.3) is 0 Å². The van der Waals surface area contributed by atoms with Crippen LogP contribution < -0.4 is 0 Å². The molecule has 0 spiro atoms. The molecule has 0 saturated heterocycles. The Labute approximate surface area is 93.4 Å². The zero-order valence-electron chi connectivity index (χ0n) is 8.99. The van der Waals surface area contributed by atoms with E-state index in [1.165, 1.54) is 0 Å². The SMILES string of the molecule is CC1(C)[C@@H]2CCC1(CSOOO)C(=O)C2. The molecule has 5 heteroatoms. The highest BCUT2D eigenvalue weighted by atomic mass is 32.2. The van der Waals surface area contributed by atoms with Gasteiger partial charge >= 0.3 is 0 Å². The molecule has 0 radical (unpaired) electrons. The lowest BCUT2D eigenvalue weighted by atomic mass is 9.70. The van der Waals surface area contributed by atoms with E-state index in [2.05, 4.69) is 23.2 Å². The lowest BCUT2D eigenvalue weighted by Gasteiger charge is -2.35. The molecule has 15 heavy (non-hydrogen) atoms. The molecule has 2 saturated carbocycles. The Morgan fingerprint density at radius 2 is 2.33 bits per heavy atom. The van der Waals surface area contributed by atoms with Gasteiger partial charge < -0.3 is 0 Å². The average Bonchev–Trinajstić information content (AvgIpc) is 2.52. The summed E-state index contributed by atoms with van der Waals surface area (Å²) in [6.45, 7) is 4.33. The molecule has 0 aromatic rings. The Morgan fingerprint density at radius 3 is 2.80 bits per heavy atom. The normalized spacial score (nSPS) is 37.5. The second-order valence-electron chi connectivity index (χ2n) is 5.07. The van der Waals surface area contributed by atoms with Crippen molar-refractivity contribution in [3.8, 4) is 0 Å². The number of rotatable bonds is 4. The summed E-state index contributed by atoms with van der Waals surface area (Å²) in [5, 5.41) is 11.6. The van der Waals surface area contributed by atoms with Gasteiger partial charge in [0.25, 0.3) is 0 Å². The van der Waals surface area contributed by atoms with Crippen LogP contribution in [0.15, 0.2) is 0 Å². The van der Waals surface area contributed by atoms with Crippen molar-refractivity contribution in [2.75, 3.05) is 5.75 Å². The maximum absolute atomic E-state index is 12.0. The zero-order valence-corrected chi connectivity index (χ0v) is 9.80. The first-order chi connectivity index (χ1) is 7.04. The van der Waals surface area contributed by atoms with Crippen LogP contribution in [0.1, 0.15) is 33.1 Å². The highest BCUT2D eigenvalue weighted by Crippen LogP contribution is 2.64.